The van der Waals surface area contributed by atoms with Gasteiger partial charge in [0.2, 0.25) is 11.8 Å². The Morgan fingerprint density at radius 1 is 0.795 bits per heavy atom. The van der Waals surface area contributed by atoms with Gasteiger partial charge in [-0.1, -0.05) is 74.5 Å². The summed E-state index contributed by atoms with van der Waals surface area (Å²) in [6.07, 6.45) is 4.78. The summed E-state index contributed by atoms with van der Waals surface area (Å²) >= 11 is 0. The highest BCUT2D eigenvalue weighted by Gasteiger charge is 2.32. The molecule has 0 aliphatic heterocycles. The molecule has 0 aliphatic carbocycles. The molecule has 0 aliphatic rings. The van der Waals surface area contributed by atoms with Crippen molar-refractivity contribution in [2.75, 3.05) is 0 Å². The smallest absolute Gasteiger partial charge is 0.426 e. The average Bonchev–Trinajstić information content (AvgIpc) is 2.93. The van der Waals surface area contributed by atoms with E-state index in [2.05, 4.69) is 25.9 Å². The molecule has 0 fully saturated rings. The number of nitrogens with zero attached hydrogens (tertiary/aromatic N) is 2. The first kappa shape index (κ1) is 29.5. The summed E-state index contributed by atoms with van der Waals surface area (Å²) in [6, 6.07) is 16.3. The Morgan fingerprint density at radius 2 is 1.33 bits per heavy atom. The zero-order chi connectivity index (χ0) is 28.2. The van der Waals surface area contributed by atoms with Gasteiger partial charge in [-0.25, -0.2) is 4.98 Å². The molecule has 0 bridgehead atoms. The number of carbonyl (C=O) groups is 3. The minimum atomic E-state index is -1.76. The minimum Gasteiger partial charge on any atom is -0.426 e. The van der Waals surface area contributed by atoms with Gasteiger partial charge in [-0.2, -0.15) is 0 Å². The van der Waals surface area contributed by atoms with Crippen LogP contribution in [0.3, 0.4) is 0 Å². The Kier molecular flexibility index (Phi) is 11.1. The molecule has 204 valence electrons. The molecule has 10 nitrogen and oxygen atoms in total. The Morgan fingerprint density at radius 3 is 1.82 bits per heavy atom. The molecule has 3 amide bonds. The van der Waals surface area contributed by atoms with Crippen molar-refractivity contribution in [3.05, 3.63) is 96.1 Å². The lowest BCUT2D eigenvalue weighted by atomic mass is 9.75. The van der Waals surface area contributed by atoms with E-state index < -0.39 is 42.9 Å². The number of carbonyl (C=O) groups excluding carboxylic acids is 3. The lowest BCUT2D eigenvalue weighted by molar-refractivity contribution is -0.130. The Labute approximate surface area is 228 Å². The van der Waals surface area contributed by atoms with Gasteiger partial charge in [0, 0.05) is 25.2 Å². The second-order valence-electron chi connectivity index (χ2n) is 9.72. The Hall–Kier alpha value is -4.09. The maximum Gasteiger partial charge on any atom is 0.475 e. The van der Waals surface area contributed by atoms with Crippen LogP contribution in [0, 0.1) is 5.92 Å². The highest BCUT2D eigenvalue weighted by atomic mass is 16.4. The molecule has 3 aromatic rings. The lowest BCUT2D eigenvalue weighted by Crippen LogP contribution is -2.58. The largest absolute Gasteiger partial charge is 0.475 e. The molecule has 3 rings (SSSR count). The average molecular weight is 531 g/mol. The fourth-order valence-electron chi connectivity index (χ4n) is 4.09. The quantitative estimate of drug-likeness (QED) is 0.207. The van der Waals surface area contributed by atoms with Gasteiger partial charge in [-0.3, -0.25) is 19.4 Å². The number of aromatic nitrogens is 2. The molecule has 0 radical (unpaired) electrons. The molecular formula is C28H34BN5O5. The van der Waals surface area contributed by atoms with Crippen molar-refractivity contribution >= 4 is 24.8 Å². The van der Waals surface area contributed by atoms with Crippen LogP contribution in [0.2, 0.25) is 0 Å². The van der Waals surface area contributed by atoms with E-state index in [0.717, 1.165) is 11.1 Å². The van der Waals surface area contributed by atoms with E-state index in [1.807, 2.05) is 74.5 Å². The SMILES string of the molecule is CC(C)C[C@H](NC(=O)[C@H](Cc1ccccc1)NC(=O)[C@@H](Cc1ccccc1)NC(=O)c1cnccn1)B(O)O. The van der Waals surface area contributed by atoms with Gasteiger partial charge in [0.1, 0.15) is 17.8 Å². The summed E-state index contributed by atoms with van der Waals surface area (Å²) in [6.45, 7) is 3.80. The number of rotatable bonds is 13. The minimum absolute atomic E-state index is 0.0513. The number of amides is 3. The van der Waals surface area contributed by atoms with E-state index >= 15 is 0 Å². The normalized spacial score (nSPS) is 13.2. The number of benzene rings is 2. The van der Waals surface area contributed by atoms with E-state index in [9.17, 15) is 24.4 Å². The monoisotopic (exact) mass is 531 g/mol. The first-order valence-corrected chi connectivity index (χ1v) is 12.8. The van der Waals surface area contributed by atoms with Gasteiger partial charge >= 0.3 is 7.12 Å². The van der Waals surface area contributed by atoms with Gasteiger partial charge in [0.15, 0.2) is 0 Å². The van der Waals surface area contributed by atoms with Crippen LogP contribution in [0.5, 0.6) is 0 Å². The highest BCUT2D eigenvalue weighted by Crippen LogP contribution is 2.10. The van der Waals surface area contributed by atoms with Crippen molar-refractivity contribution in [2.24, 2.45) is 5.92 Å². The standard InChI is InChI=1S/C28H34BN5O5/c1-19(2)15-25(29(38)39)34-27(36)23(17-21-11-7-4-8-12-21)32-26(35)22(16-20-9-5-3-6-10-20)33-28(37)24-18-30-13-14-31-24/h3-14,18-19,22-23,25,38-39H,15-17H2,1-2H3,(H,32,35)(H,33,37)(H,34,36)/t22-,23+,25+/m1/s1. The summed E-state index contributed by atoms with van der Waals surface area (Å²) in [5.41, 5.74) is 1.66. The van der Waals surface area contributed by atoms with Gasteiger partial charge in [-0.05, 0) is 23.5 Å². The molecule has 0 saturated carbocycles. The molecule has 0 unspecified atom stereocenters. The van der Waals surface area contributed by atoms with Crippen molar-refractivity contribution in [2.45, 2.75) is 51.1 Å². The predicted molar refractivity (Wildman–Crippen MR) is 147 cm³/mol. The van der Waals surface area contributed by atoms with Crippen LogP contribution in [0.25, 0.3) is 0 Å². The highest BCUT2D eigenvalue weighted by molar-refractivity contribution is 6.43. The molecule has 0 spiro atoms. The third kappa shape index (κ3) is 9.62. The molecule has 39 heavy (non-hydrogen) atoms. The van der Waals surface area contributed by atoms with Crippen LogP contribution in [0.1, 0.15) is 41.9 Å². The molecule has 1 heterocycles. The van der Waals surface area contributed by atoms with Crippen molar-refractivity contribution in [3.8, 4) is 0 Å². The summed E-state index contributed by atoms with van der Waals surface area (Å²) < 4.78 is 0. The Balaban J connectivity index is 1.84. The fourth-order valence-corrected chi connectivity index (χ4v) is 4.09. The first-order chi connectivity index (χ1) is 18.7. The Bertz CT molecular complexity index is 1200. The molecular weight excluding hydrogens is 497 g/mol. The number of hydrogen-bond acceptors (Lipinski definition) is 7. The van der Waals surface area contributed by atoms with Crippen molar-refractivity contribution < 1.29 is 24.4 Å². The number of nitrogens with one attached hydrogen (secondary N) is 3. The van der Waals surface area contributed by atoms with E-state index in [4.69, 9.17) is 0 Å². The molecule has 11 heteroatoms. The topological polar surface area (TPSA) is 154 Å². The zero-order valence-electron chi connectivity index (χ0n) is 22.0. The zero-order valence-corrected chi connectivity index (χ0v) is 22.0. The number of hydrogen-bond donors (Lipinski definition) is 5. The summed E-state index contributed by atoms with van der Waals surface area (Å²) in [5, 5.41) is 27.8. The summed E-state index contributed by atoms with van der Waals surface area (Å²) in [5.74, 6) is -2.54. The van der Waals surface area contributed by atoms with Crippen molar-refractivity contribution in [1.29, 1.82) is 0 Å². The maximum absolute atomic E-state index is 13.6. The van der Waals surface area contributed by atoms with Crippen LogP contribution in [-0.2, 0) is 22.4 Å². The van der Waals surface area contributed by atoms with Crippen LogP contribution in [0.4, 0.5) is 0 Å². The summed E-state index contributed by atoms with van der Waals surface area (Å²) in [4.78, 5) is 47.7. The molecule has 0 saturated heterocycles. The van der Waals surface area contributed by atoms with Crippen LogP contribution < -0.4 is 16.0 Å². The van der Waals surface area contributed by atoms with E-state index in [1.165, 1.54) is 18.6 Å². The van der Waals surface area contributed by atoms with Gasteiger partial charge < -0.3 is 26.0 Å². The fraction of sp³-hybridized carbons (Fsp3) is 0.321. The van der Waals surface area contributed by atoms with Crippen molar-refractivity contribution in [3.63, 3.8) is 0 Å². The molecule has 5 N–H and O–H groups in total. The van der Waals surface area contributed by atoms with Gasteiger partial charge in [-0.15, -0.1) is 0 Å². The van der Waals surface area contributed by atoms with Crippen molar-refractivity contribution in [1.82, 2.24) is 25.9 Å². The lowest BCUT2D eigenvalue weighted by Gasteiger charge is -2.26. The third-order valence-corrected chi connectivity index (χ3v) is 6.03. The molecule has 2 aromatic carbocycles. The second kappa shape index (κ2) is 14.7. The van der Waals surface area contributed by atoms with Crippen LogP contribution in [0.15, 0.2) is 79.3 Å². The van der Waals surface area contributed by atoms with Gasteiger partial charge in [0.05, 0.1) is 12.1 Å². The summed E-state index contributed by atoms with van der Waals surface area (Å²) in [7, 11) is -1.76. The molecule has 3 atom stereocenters. The van der Waals surface area contributed by atoms with Crippen LogP contribution in [-0.4, -0.2) is 62.9 Å². The van der Waals surface area contributed by atoms with E-state index in [-0.39, 0.29) is 24.5 Å². The second-order valence-corrected chi connectivity index (χ2v) is 9.72. The third-order valence-electron chi connectivity index (χ3n) is 6.03. The van der Waals surface area contributed by atoms with Crippen LogP contribution >= 0.6 is 0 Å². The van der Waals surface area contributed by atoms with Gasteiger partial charge in [0.25, 0.3) is 5.91 Å². The molecule has 1 aromatic heterocycles. The maximum atomic E-state index is 13.6. The van der Waals surface area contributed by atoms with E-state index in [0.29, 0.717) is 6.42 Å². The van der Waals surface area contributed by atoms with E-state index in [1.54, 1.807) is 0 Å². The first-order valence-electron chi connectivity index (χ1n) is 12.8. The predicted octanol–water partition coefficient (Wildman–Crippen LogP) is 1.09.